The number of hydrogen-bond acceptors (Lipinski definition) is 5. The zero-order valence-corrected chi connectivity index (χ0v) is 15.1. The summed E-state index contributed by atoms with van der Waals surface area (Å²) in [5, 5.41) is 2.81. The first-order valence-corrected chi connectivity index (χ1v) is 8.37. The Labute approximate surface area is 151 Å². The van der Waals surface area contributed by atoms with Crippen LogP contribution in [0.15, 0.2) is 36.5 Å². The maximum Gasteiger partial charge on any atom is 0.273 e. The Balaban J connectivity index is 2.18. The molecular formula is C19H22N4O3. The van der Waals surface area contributed by atoms with Crippen LogP contribution >= 0.6 is 0 Å². The first-order valence-electron chi connectivity index (χ1n) is 8.37. The van der Waals surface area contributed by atoms with Gasteiger partial charge in [-0.2, -0.15) is 0 Å². The third-order valence-electron chi connectivity index (χ3n) is 4.13. The molecular weight excluding hydrogens is 332 g/mol. The van der Waals surface area contributed by atoms with E-state index < -0.39 is 0 Å². The number of hydrogen-bond donors (Lipinski definition) is 2. The second kappa shape index (κ2) is 7.35. The molecule has 0 aliphatic rings. The molecule has 0 aliphatic carbocycles. The number of aromatic nitrogens is 2. The minimum Gasteiger partial charge on any atom is -0.497 e. The zero-order valence-electron chi connectivity index (χ0n) is 15.1. The number of nitrogens with two attached hydrogens (primary N) is 1. The second-order valence-corrected chi connectivity index (χ2v) is 5.78. The Bertz CT molecular complexity index is 949. The van der Waals surface area contributed by atoms with Crippen molar-refractivity contribution in [3.05, 3.63) is 42.2 Å². The van der Waals surface area contributed by atoms with Gasteiger partial charge in [-0.15, -0.1) is 0 Å². The van der Waals surface area contributed by atoms with E-state index in [1.165, 1.54) is 0 Å². The number of carbonyl (C=O) groups excluding carboxylic acids is 1. The van der Waals surface area contributed by atoms with Crippen LogP contribution in [0.5, 0.6) is 11.5 Å². The number of amides is 1. The van der Waals surface area contributed by atoms with E-state index in [2.05, 4.69) is 10.3 Å². The minimum atomic E-state index is -0.281. The highest BCUT2D eigenvalue weighted by Crippen LogP contribution is 2.36. The van der Waals surface area contributed by atoms with Gasteiger partial charge in [0, 0.05) is 23.9 Å². The van der Waals surface area contributed by atoms with E-state index in [0.29, 0.717) is 29.5 Å². The highest BCUT2D eigenvalue weighted by atomic mass is 16.5. The number of anilines is 1. The quantitative estimate of drug-likeness (QED) is 0.710. The largest absolute Gasteiger partial charge is 0.497 e. The maximum atomic E-state index is 12.4. The molecule has 3 aromatic rings. The number of pyridine rings is 1. The summed E-state index contributed by atoms with van der Waals surface area (Å²) >= 11 is 0. The second-order valence-electron chi connectivity index (χ2n) is 5.78. The molecule has 0 saturated heterocycles. The Morgan fingerprint density at radius 2 is 2.04 bits per heavy atom. The molecule has 0 radical (unpaired) electrons. The molecule has 7 heteroatoms. The number of rotatable bonds is 6. The summed E-state index contributed by atoms with van der Waals surface area (Å²) in [6.45, 7) is 2.56. The Morgan fingerprint density at radius 3 is 2.73 bits per heavy atom. The van der Waals surface area contributed by atoms with Crippen molar-refractivity contribution >= 4 is 17.4 Å². The lowest BCUT2D eigenvalue weighted by Gasteiger charge is -2.11. The van der Waals surface area contributed by atoms with E-state index in [-0.39, 0.29) is 11.6 Å². The molecule has 2 heterocycles. The summed E-state index contributed by atoms with van der Waals surface area (Å²) in [4.78, 5) is 16.9. The van der Waals surface area contributed by atoms with Crippen LogP contribution in [0.1, 0.15) is 23.8 Å². The molecule has 3 rings (SSSR count). The van der Waals surface area contributed by atoms with Gasteiger partial charge >= 0.3 is 0 Å². The first kappa shape index (κ1) is 17.6. The number of ether oxygens (including phenoxy) is 2. The lowest BCUT2D eigenvalue weighted by atomic mass is 10.1. The highest BCUT2D eigenvalue weighted by molar-refractivity contribution is 5.99. The maximum absolute atomic E-state index is 12.4. The topological polar surface area (TPSA) is 90.9 Å². The molecule has 1 aromatic carbocycles. The Morgan fingerprint density at radius 1 is 1.23 bits per heavy atom. The minimum absolute atomic E-state index is 0.216. The van der Waals surface area contributed by atoms with E-state index in [9.17, 15) is 4.79 Å². The smallest absolute Gasteiger partial charge is 0.273 e. The lowest BCUT2D eigenvalue weighted by Crippen LogP contribution is -2.25. The Hall–Kier alpha value is -3.22. The third-order valence-corrected chi connectivity index (χ3v) is 4.13. The summed E-state index contributed by atoms with van der Waals surface area (Å²) in [5.74, 6) is 1.40. The summed E-state index contributed by atoms with van der Waals surface area (Å²) in [5.41, 5.74) is 8.57. The van der Waals surface area contributed by atoms with Gasteiger partial charge in [-0.3, -0.25) is 9.20 Å². The number of nitrogens with zero attached hydrogens (tertiary/aromatic N) is 2. The molecule has 0 aliphatic heterocycles. The molecule has 0 spiro atoms. The van der Waals surface area contributed by atoms with Crippen LogP contribution in [-0.4, -0.2) is 36.1 Å². The van der Waals surface area contributed by atoms with Crippen molar-refractivity contribution in [2.45, 2.75) is 13.3 Å². The summed E-state index contributed by atoms with van der Waals surface area (Å²) < 4.78 is 12.5. The standard InChI is InChI=1S/C19H22N4O3/c1-4-9-21-19(24)16-17(20)23-10-5-6-13(18(23)22-16)14-11-12(25-2)7-8-15(14)26-3/h5-8,10-11H,4,9,20H2,1-3H3,(H,21,24). The first-order chi connectivity index (χ1) is 12.6. The molecule has 0 unspecified atom stereocenters. The molecule has 0 saturated carbocycles. The fourth-order valence-corrected chi connectivity index (χ4v) is 2.81. The molecule has 136 valence electrons. The van der Waals surface area contributed by atoms with Gasteiger partial charge in [0.1, 0.15) is 23.0 Å². The van der Waals surface area contributed by atoms with Crippen molar-refractivity contribution < 1.29 is 14.3 Å². The lowest BCUT2D eigenvalue weighted by molar-refractivity contribution is 0.0950. The van der Waals surface area contributed by atoms with Crippen LogP contribution in [0.25, 0.3) is 16.8 Å². The number of carbonyl (C=O) groups is 1. The van der Waals surface area contributed by atoms with Crippen LogP contribution in [-0.2, 0) is 0 Å². The van der Waals surface area contributed by atoms with E-state index in [1.807, 2.05) is 37.3 Å². The molecule has 0 atom stereocenters. The molecule has 26 heavy (non-hydrogen) atoms. The SMILES string of the molecule is CCCNC(=O)c1nc2c(-c3cc(OC)ccc3OC)cccn2c1N. The van der Waals surface area contributed by atoms with E-state index in [1.54, 1.807) is 24.8 Å². The molecule has 7 nitrogen and oxygen atoms in total. The van der Waals surface area contributed by atoms with Crippen LogP contribution in [0, 0.1) is 0 Å². The van der Waals surface area contributed by atoms with Crippen molar-refractivity contribution in [3.63, 3.8) is 0 Å². The summed E-state index contributed by atoms with van der Waals surface area (Å²) in [6, 6.07) is 9.29. The molecule has 1 amide bonds. The van der Waals surface area contributed by atoms with E-state index in [0.717, 1.165) is 17.5 Å². The zero-order chi connectivity index (χ0) is 18.7. The predicted octanol–water partition coefficient (Wildman–Crippen LogP) is 2.74. The highest BCUT2D eigenvalue weighted by Gasteiger charge is 2.20. The summed E-state index contributed by atoms with van der Waals surface area (Å²) in [7, 11) is 3.21. The molecule has 3 N–H and O–H groups in total. The van der Waals surface area contributed by atoms with Crippen molar-refractivity contribution in [3.8, 4) is 22.6 Å². The van der Waals surface area contributed by atoms with Gasteiger partial charge in [0.2, 0.25) is 0 Å². The van der Waals surface area contributed by atoms with E-state index >= 15 is 0 Å². The van der Waals surface area contributed by atoms with Crippen molar-refractivity contribution in [1.82, 2.24) is 14.7 Å². The fourth-order valence-electron chi connectivity index (χ4n) is 2.81. The Kier molecular flexibility index (Phi) is 4.97. The number of nitrogen functional groups attached to an aromatic ring is 1. The normalized spacial score (nSPS) is 10.7. The van der Waals surface area contributed by atoms with E-state index in [4.69, 9.17) is 15.2 Å². The monoisotopic (exact) mass is 354 g/mol. The average Bonchev–Trinajstić information content (AvgIpc) is 3.02. The van der Waals surface area contributed by atoms with Gasteiger partial charge in [-0.1, -0.05) is 6.92 Å². The predicted molar refractivity (Wildman–Crippen MR) is 101 cm³/mol. The van der Waals surface area contributed by atoms with Crippen LogP contribution < -0.4 is 20.5 Å². The van der Waals surface area contributed by atoms with Gasteiger partial charge in [0.05, 0.1) is 14.2 Å². The van der Waals surface area contributed by atoms with Crippen molar-refractivity contribution in [2.75, 3.05) is 26.5 Å². The average molecular weight is 354 g/mol. The van der Waals surface area contributed by atoms with Crippen LogP contribution in [0.2, 0.25) is 0 Å². The van der Waals surface area contributed by atoms with Crippen LogP contribution in [0.4, 0.5) is 5.82 Å². The van der Waals surface area contributed by atoms with Gasteiger partial charge in [0.25, 0.3) is 5.91 Å². The van der Waals surface area contributed by atoms with Crippen molar-refractivity contribution in [1.29, 1.82) is 0 Å². The number of methoxy groups -OCH3 is 2. The molecule has 0 bridgehead atoms. The van der Waals surface area contributed by atoms with Gasteiger partial charge in [0.15, 0.2) is 5.69 Å². The third kappa shape index (κ3) is 3.03. The number of fused-ring (bicyclic) bond motifs is 1. The number of benzene rings is 1. The van der Waals surface area contributed by atoms with Gasteiger partial charge in [-0.05, 0) is 36.8 Å². The van der Waals surface area contributed by atoms with Gasteiger partial charge < -0.3 is 20.5 Å². The van der Waals surface area contributed by atoms with Crippen LogP contribution in [0.3, 0.4) is 0 Å². The molecule has 0 fully saturated rings. The van der Waals surface area contributed by atoms with Gasteiger partial charge in [-0.25, -0.2) is 4.98 Å². The van der Waals surface area contributed by atoms with Crippen molar-refractivity contribution in [2.24, 2.45) is 0 Å². The fraction of sp³-hybridized carbons (Fsp3) is 0.263. The summed E-state index contributed by atoms with van der Waals surface area (Å²) in [6.07, 6.45) is 2.62. The molecule has 2 aromatic heterocycles. The number of imidazole rings is 1. The number of nitrogens with one attached hydrogen (secondary N) is 1.